The average molecular weight is 374 g/mol. The second-order valence-electron chi connectivity index (χ2n) is 6.21. The normalized spacial score (nSPS) is 16.0. The number of hydrogen-bond acceptors (Lipinski definition) is 5. The number of aromatic nitrogens is 2. The van der Waals surface area contributed by atoms with Gasteiger partial charge in [-0.05, 0) is 30.5 Å². The molecule has 0 saturated carbocycles. The van der Waals surface area contributed by atoms with E-state index in [2.05, 4.69) is 34.4 Å². The van der Waals surface area contributed by atoms with Gasteiger partial charge in [-0.25, -0.2) is 4.98 Å². The number of rotatable bonds is 6. The maximum Gasteiger partial charge on any atom is 0.225 e. The number of aryl methyl sites for hydroxylation is 1. The van der Waals surface area contributed by atoms with Crippen molar-refractivity contribution in [2.24, 2.45) is 0 Å². The Labute approximate surface area is 159 Å². The summed E-state index contributed by atoms with van der Waals surface area (Å²) in [5.74, 6) is 1.59. The van der Waals surface area contributed by atoms with Crippen molar-refractivity contribution in [3.05, 3.63) is 47.5 Å². The molecule has 2 aromatic rings. The highest BCUT2D eigenvalue weighted by Crippen LogP contribution is 2.36. The summed E-state index contributed by atoms with van der Waals surface area (Å²) >= 11 is 6.21. The van der Waals surface area contributed by atoms with Crippen LogP contribution in [0.15, 0.2) is 35.3 Å². The number of nitrogens with zero attached hydrogens (tertiary/aromatic N) is 3. The zero-order valence-corrected chi connectivity index (χ0v) is 16.1. The molecule has 3 rings (SSSR count). The highest BCUT2D eigenvalue weighted by molar-refractivity contribution is 6.28. The molecule has 3 heterocycles. The maximum absolute atomic E-state index is 6.29. The van der Waals surface area contributed by atoms with Gasteiger partial charge < -0.3 is 14.1 Å². The number of fused-ring (bicyclic) bond motifs is 1. The number of allylic oxidation sites excluding steroid dienone is 5. The van der Waals surface area contributed by atoms with Gasteiger partial charge in [0.2, 0.25) is 5.28 Å². The van der Waals surface area contributed by atoms with Gasteiger partial charge in [0, 0.05) is 18.7 Å². The van der Waals surface area contributed by atoms with E-state index in [-0.39, 0.29) is 5.28 Å². The van der Waals surface area contributed by atoms with Gasteiger partial charge in [0.25, 0.3) is 0 Å². The van der Waals surface area contributed by atoms with E-state index >= 15 is 0 Å². The SMILES string of the molecule is C=C/C=C\C=C(/CCC)c1oc2c(N3CCOCC3)nc(Cl)nc2c1C. The minimum absolute atomic E-state index is 0.238. The van der Waals surface area contributed by atoms with Crippen LogP contribution < -0.4 is 4.90 Å². The van der Waals surface area contributed by atoms with Crippen molar-refractivity contribution in [1.82, 2.24) is 9.97 Å². The summed E-state index contributed by atoms with van der Waals surface area (Å²) in [5, 5.41) is 0.238. The molecule has 0 bridgehead atoms. The molecule has 0 atom stereocenters. The number of anilines is 1. The molecule has 0 spiro atoms. The van der Waals surface area contributed by atoms with Gasteiger partial charge in [0.15, 0.2) is 11.4 Å². The number of furan rings is 1. The Hall–Kier alpha value is -2.11. The summed E-state index contributed by atoms with van der Waals surface area (Å²) < 4.78 is 11.7. The molecule has 26 heavy (non-hydrogen) atoms. The molecule has 6 heteroatoms. The number of ether oxygens (including phenoxy) is 1. The Morgan fingerprint density at radius 1 is 1.27 bits per heavy atom. The molecule has 1 saturated heterocycles. The van der Waals surface area contributed by atoms with E-state index in [1.54, 1.807) is 6.08 Å². The minimum atomic E-state index is 0.238. The molecular formula is C20H24ClN3O2. The second-order valence-corrected chi connectivity index (χ2v) is 6.55. The summed E-state index contributed by atoms with van der Waals surface area (Å²) in [5.41, 5.74) is 3.59. The third-order valence-electron chi connectivity index (χ3n) is 4.39. The van der Waals surface area contributed by atoms with Crippen molar-refractivity contribution in [2.45, 2.75) is 26.7 Å². The largest absolute Gasteiger partial charge is 0.451 e. The van der Waals surface area contributed by atoms with Gasteiger partial charge in [-0.3, -0.25) is 0 Å². The Kier molecular flexibility index (Phi) is 6.12. The molecule has 0 amide bonds. The molecular weight excluding hydrogens is 350 g/mol. The van der Waals surface area contributed by atoms with Crippen molar-refractivity contribution in [3.8, 4) is 0 Å². The zero-order chi connectivity index (χ0) is 18.5. The fraction of sp³-hybridized carbons (Fsp3) is 0.400. The van der Waals surface area contributed by atoms with E-state index in [0.717, 1.165) is 54.2 Å². The fourth-order valence-corrected chi connectivity index (χ4v) is 3.30. The summed E-state index contributed by atoms with van der Waals surface area (Å²) in [6.45, 7) is 10.7. The van der Waals surface area contributed by atoms with Crippen LogP contribution in [-0.4, -0.2) is 36.3 Å². The summed E-state index contributed by atoms with van der Waals surface area (Å²) in [4.78, 5) is 11.0. The third kappa shape index (κ3) is 3.84. The fourth-order valence-electron chi connectivity index (χ4n) is 3.13. The molecule has 0 aliphatic carbocycles. The molecule has 1 aliphatic heterocycles. The predicted octanol–water partition coefficient (Wildman–Crippen LogP) is 4.95. The van der Waals surface area contributed by atoms with E-state index in [9.17, 15) is 0 Å². The van der Waals surface area contributed by atoms with Gasteiger partial charge in [0.05, 0.1) is 13.2 Å². The lowest BCUT2D eigenvalue weighted by Crippen LogP contribution is -2.36. The molecule has 138 valence electrons. The first kappa shape index (κ1) is 18.7. The van der Waals surface area contributed by atoms with Crippen LogP contribution in [0.3, 0.4) is 0 Å². The summed E-state index contributed by atoms with van der Waals surface area (Å²) in [6, 6.07) is 0. The Balaban J connectivity index is 2.12. The smallest absolute Gasteiger partial charge is 0.225 e. The molecule has 0 aromatic carbocycles. The number of morpholine rings is 1. The first-order chi connectivity index (χ1) is 12.7. The van der Waals surface area contributed by atoms with Crippen molar-refractivity contribution >= 4 is 34.1 Å². The lowest BCUT2D eigenvalue weighted by atomic mass is 10.0. The topological polar surface area (TPSA) is 51.4 Å². The Morgan fingerprint density at radius 2 is 2.04 bits per heavy atom. The monoisotopic (exact) mass is 373 g/mol. The highest BCUT2D eigenvalue weighted by Gasteiger charge is 2.23. The van der Waals surface area contributed by atoms with E-state index in [1.165, 1.54) is 0 Å². The van der Waals surface area contributed by atoms with E-state index in [4.69, 9.17) is 20.8 Å². The van der Waals surface area contributed by atoms with Crippen molar-refractivity contribution in [1.29, 1.82) is 0 Å². The van der Waals surface area contributed by atoms with Crippen LogP contribution in [-0.2, 0) is 4.74 Å². The van der Waals surface area contributed by atoms with E-state index < -0.39 is 0 Å². The number of halogens is 1. The standard InChI is InChI=1S/C20H24ClN3O2/c1-4-6-7-9-15(8-5-2)17-14(3)16-18(26-17)19(23-20(21)22-16)24-10-12-25-13-11-24/h4,6-7,9H,1,5,8,10-13H2,2-3H3/b7-6-,15-9+. The van der Waals surface area contributed by atoms with Gasteiger partial charge in [-0.2, -0.15) is 4.98 Å². The molecule has 0 radical (unpaired) electrons. The highest BCUT2D eigenvalue weighted by atomic mass is 35.5. The molecule has 0 unspecified atom stereocenters. The quantitative estimate of drug-likeness (QED) is 0.529. The Morgan fingerprint density at radius 3 is 2.73 bits per heavy atom. The average Bonchev–Trinajstić information content (AvgIpc) is 2.98. The lowest BCUT2D eigenvalue weighted by molar-refractivity contribution is 0.122. The third-order valence-corrected chi connectivity index (χ3v) is 4.56. The summed E-state index contributed by atoms with van der Waals surface area (Å²) in [7, 11) is 0. The van der Waals surface area contributed by atoms with Crippen LogP contribution in [0.25, 0.3) is 16.7 Å². The molecule has 1 aliphatic rings. The Bertz CT molecular complexity index is 848. The van der Waals surface area contributed by atoms with Gasteiger partial charge >= 0.3 is 0 Å². The maximum atomic E-state index is 6.29. The van der Waals surface area contributed by atoms with E-state index in [1.807, 2.05) is 19.1 Å². The van der Waals surface area contributed by atoms with Crippen LogP contribution in [0.5, 0.6) is 0 Å². The minimum Gasteiger partial charge on any atom is -0.451 e. The number of hydrogen-bond donors (Lipinski definition) is 0. The first-order valence-corrected chi connectivity index (χ1v) is 9.31. The first-order valence-electron chi connectivity index (χ1n) is 8.93. The second kappa shape index (κ2) is 8.52. The van der Waals surface area contributed by atoms with Crippen molar-refractivity contribution in [2.75, 3.05) is 31.2 Å². The van der Waals surface area contributed by atoms with Gasteiger partial charge in [0.1, 0.15) is 11.3 Å². The van der Waals surface area contributed by atoms with E-state index in [0.29, 0.717) is 18.8 Å². The van der Waals surface area contributed by atoms with Crippen LogP contribution in [0.1, 0.15) is 31.1 Å². The van der Waals surface area contributed by atoms with Crippen molar-refractivity contribution < 1.29 is 9.15 Å². The zero-order valence-electron chi connectivity index (χ0n) is 15.3. The van der Waals surface area contributed by atoms with Crippen LogP contribution in [0.4, 0.5) is 5.82 Å². The van der Waals surface area contributed by atoms with Crippen molar-refractivity contribution in [3.63, 3.8) is 0 Å². The predicted molar refractivity (Wildman–Crippen MR) is 107 cm³/mol. The van der Waals surface area contributed by atoms with Crippen LogP contribution in [0, 0.1) is 6.92 Å². The lowest BCUT2D eigenvalue weighted by Gasteiger charge is -2.27. The molecule has 2 aromatic heterocycles. The molecule has 1 fully saturated rings. The van der Waals surface area contributed by atoms with Crippen LogP contribution >= 0.6 is 11.6 Å². The summed E-state index contributed by atoms with van der Waals surface area (Å²) in [6.07, 6.45) is 9.64. The molecule has 0 N–H and O–H groups in total. The van der Waals surface area contributed by atoms with Crippen LogP contribution in [0.2, 0.25) is 5.28 Å². The molecule has 5 nitrogen and oxygen atoms in total. The van der Waals surface area contributed by atoms with Gasteiger partial charge in [-0.15, -0.1) is 0 Å². The van der Waals surface area contributed by atoms with Gasteiger partial charge in [-0.1, -0.05) is 44.2 Å².